The molecule has 1 aromatic heterocycles. The van der Waals surface area contributed by atoms with Crippen LogP contribution in [0.25, 0.3) is 5.69 Å². The third-order valence-corrected chi connectivity index (χ3v) is 6.79. The molecule has 0 fully saturated rings. The standard InChI is InChI=1S/C32H39N2/c1-3-4-5-6-16-23-33-26-31(24-27(2)29-19-12-8-13-20-29)34(30-21-14-9-15-22-30)32(33)25-28-17-10-7-11-18-28/h7-15,17-22,26-27H,3-6,16,23-25H2,1-2H3/q+1. The van der Waals surface area contributed by atoms with Gasteiger partial charge in [0.1, 0.15) is 17.6 Å². The van der Waals surface area contributed by atoms with E-state index in [1.54, 1.807) is 0 Å². The number of benzene rings is 3. The van der Waals surface area contributed by atoms with Crippen molar-refractivity contribution in [2.75, 3.05) is 0 Å². The third-order valence-electron chi connectivity index (χ3n) is 6.79. The van der Waals surface area contributed by atoms with Crippen molar-refractivity contribution in [2.24, 2.45) is 0 Å². The lowest BCUT2D eigenvalue weighted by atomic mass is 9.96. The lowest BCUT2D eigenvalue weighted by molar-refractivity contribution is -0.703. The fraction of sp³-hybridized carbons (Fsp3) is 0.344. The van der Waals surface area contributed by atoms with E-state index < -0.39 is 0 Å². The van der Waals surface area contributed by atoms with E-state index in [0.717, 1.165) is 19.4 Å². The highest BCUT2D eigenvalue weighted by Crippen LogP contribution is 2.24. The maximum Gasteiger partial charge on any atom is 0.266 e. The van der Waals surface area contributed by atoms with Gasteiger partial charge in [0.25, 0.3) is 5.82 Å². The first-order valence-corrected chi connectivity index (χ1v) is 13.0. The summed E-state index contributed by atoms with van der Waals surface area (Å²) >= 11 is 0. The normalized spacial score (nSPS) is 12.1. The quantitative estimate of drug-likeness (QED) is 0.154. The SMILES string of the molecule is CCCCCCC[n+]1cc(CC(C)c2ccccc2)n(-c2ccccc2)c1Cc1ccccc1. The summed E-state index contributed by atoms with van der Waals surface area (Å²) < 4.78 is 5.07. The molecule has 2 nitrogen and oxygen atoms in total. The van der Waals surface area contributed by atoms with E-state index in [9.17, 15) is 0 Å². The molecule has 0 spiro atoms. The van der Waals surface area contributed by atoms with E-state index in [1.165, 1.54) is 60.4 Å². The Bertz CT molecular complexity index is 1110. The molecule has 0 aliphatic heterocycles. The first kappa shape index (κ1) is 24.0. The van der Waals surface area contributed by atoms with E-state index in [4.69, 9.17) is 0 Å². The van der Waals surface area contributed by atoms with Gasteiger partial charge in [-0.15, -0.1) is 0 Å². The Morgan fingerprint density at radius 3 is 2.03 bits per heavy atom. The molecule has 0 aliphatic rings. The molecule has 2 heteroatoms. The molecule has 1 heterocycles. The zero-order chi connectivity index (χ0) is 23.6. The minimum atomic E-state index is 0.459. The Morgan fingerprint density at radius 2 is 1.35 bits per heavy atom. The topological polar surface area (TPSA) is 8.81 Å². The van der Waals surface area contributed by atoms with Crippen LogP contribution in [0.4, 0.5) is 0 Å². The second kappa shape index (κ2) is 12.4. The summed E-state index contributed by atoms with van der Waals surface area (Å²) in [7, 11) is 0. The number of unbranched alkanes of at least 4 members (excludes halogenated alkanes) is 4. The first-order valence-electron chi connectivity index (χ1n) is 13.0. The van der Waals surface area contributed by atoms with Crippen LogP contribution >= 0.6 is 0 Å². The highest BCUT2D eigenvalue weighted by molar-refractivity contribution is 5.36. The lowest BCUT2D eigenvalue weighted by Gasteiger charge is -2.11. The Hall–Kier alpha value is -3.13. The van der Waals surface area contributed by atoms with E-state index in [2.05, 4.69) is 120 Å². The number of hydrogen-bond acceptors (Lipinski definition) is 0. The van der Waals surface area contributed by atoms with Crippen LogP contribution in [-0.4, -0.2) is 4.57 Å². The monoisotopic (exact) mass is 451 g/mol. The predicted octanol–water partition coefficient (Wildman–Crippen LogP) is 7.67. The number of aromatic nitrogens is 2. The average Bonchev–Trinajstić information content (AvgIpc) is 3.21. The molecular weight excluding hydrogens is 412 g/mol. The van der Waals surface area contributed by atoms with Gasteiger partial charge in [0, 0.05) is 6.42 Å². The molecule has 34 heavy (non-hydrogen) atoms. The molecule has 0 N–H and O–H groups in total. The fourth-order valence-corrected chi connectivity index (χ4v) is 4.89. The number of rotatable bonds is 12. The third kappa shape index (κ3) is 6.26. The van der Waals surface area contributed by atoms with Gasteiger partial charge in [0.2, 0.25) is 0 Å². The van der Waals surface area contributed by atoms with Gasteiger partial charge in [-0.1, -0.05) is 112 Å². The summed E-state index contributed by atoms with van der Waals surface area (Å²) in [6.45, 7) is 5.72. The maximum absolute atomic E-state index is 2.54. The van der Waals surface area contributed by atoms with E-state index in [-0.39, 0.29) is 0 Å². The summed E-state index contributed by atoms with van der Waals surface area (Å²) in [5.41, 5.74) is 5.41. The number of hydrogen-bond donors (Lipinski definition) is 0. The van der Waals surface area contributed by atoms with E-state index in [0.29, 0.717) is 5.92 Å². The van der Waals surface area contributed by atoms with Gasteiger partial charge in [0.15, 0.2) is 0 Å². The zero-order valence-electron chi connectivity index (χ0n) is 20.9. The predicted molar refractivity (Wildman–Crippen MR) is 143 cm³/mol. The molecule has 0 bridgehead atoms. The smallest absolute Gasteiger partial charge is 0.233 e. The molecule has 1 atom stereocenters. The van der Waals surface area contributed by atoms with Crippen molar-refractivity contribution >= 4 is 0 Å². The minimum Gasteiger partial charge on any atom is -0.233 e. The van der Waals surface area contributed by atoms with E-state index >= 15 is 0 Å². The lowest BCUT2D eigenvalue weighted by Crippen LogP contribution is -2.37. The summed E-state index contributed by atoms with van der Waals surface area (Å²) in [5.74, 6) is 1.84. The van der Waals surface area contributed by atoms with Crippen LogP contribution in [0.15, 0.2) is 97.2 Å². The second-order valence-electron chi connectivity index (χ2n) is 9.49. The van der Waals surface area contributed by atoms with Crippen molar-refractivity contribution in [2.45, 2.75) is 71.3 Å². The Labute approximate surface area is 205 Å². The molecule has 3 aromatic carbocycles. The highest BCUT2D eigenvalue weighted by Gasteiger charge is 2.26. The molecular formula is C32H39N2+. The molecule has 0 saturated carbocycles. The summed E-state index contributed by atoms with van der Waals surface area (Å²) in [6, 6.07) is 32.7. The Balaban J connectivity index is 1.71. The van der Waals surface area contributed by atoms with Crippen molar-refractivity contribution in [3.05, 3.63) is 120 Å². The maximum atomic E-state index is 2.54. The van der Waals surface area contributed by atoms with Crippen molar-refractivity contribution in [3.8, 4) is 5.69 Å². The summed E-state index contributed by atoms with van der Waals surface area (Å²) in [4.78, 5) is 0. The van der Waals surface area contributed by atoms with Crippen molar-refractivity contribution in [3.63, 3.8) is 0 Å². The molecule has 0 radical (unpaired) electrons. The molecule has 0 saturated heterocycles. The van der Waals surface area contributed by atoms with Crippen molar-refractivity contribution in [1.82, 2.24) is 4.57 Å². The van der Waals surface area contributed by atoms with Crippen LogP contribution in [0.5, 0.6) is 0 Å². The Morgan fingerprint density at radius 1 is 0.735 bits per heavy atom. The number of nitrogens with zero attached hydrogens (tertiary/aromatic N) is 2. The van der Waals surface area contributed by atoms with Crippen molar-refractivity contribution < 1.29 is 4.57 Å². The molecule has 0 aliphatic carbocycles. The van der Waals surface area contributed by atoms with Gasteiger partial charge in [0.05, 0.1) is 13.0 Å². The molecule has 176 valence electrons. The molecule has 0 amide bonds. The largest absolute Gasteiger partial charge is 0.266 e. The number of aryl methyl sites for hydroxylation is 1. The van der Waals surface area contributed by atoms with Crippen LogP contribution in [0, 0.1) is 0 Å². The second-order valence-corrected chi connectivity index (χ2v) is 9.49. The van der Waals surface area contributed by atoms with Crippen molar-refractivity contribution in [1.29, 1.82) is 0 Å². The number of para-hydroxylation sites is 1. The fourth-order valence-electron chi connectivity index (χ4n) is 4.89. The molecule has 4 rings (SSSR count). The van der Waals surface area contributed by atoms with Crippen LogP contribution in [0.2, 0.25) is 0 Å². The minimum absolute atomic E-state index is 0.459. The van der Waals surface area contributed by atoms with Gasteiger partial charge < -0.3 is 0 Å². The van der Waals surface area contributed by atoms with Gasteiger partial charge in [-0.25, -0.2) is 4.57 Å². The van der Waals surface area contributed by atoms with Gasteiger partial charge in [-0.05, 0) is 42.0 Å². The van der Waals surface area contributed by atoms with Gasteiger partial charge in [-0.3, -0.25) is 0 Å². The zero-order valence-corrected chi connectivity index (χ0v) is 20.9. The van der Waals surface area contributed by atoms with Crippen LogP contribution < -0.4 is 4.57 Å². The first-order chi connectivity index (χ1) is 16.8. The Kier molecular flexibility index (Phi) is 8.73. The summed E-state index contributed by atoms with van der Waals surface area (Å²) in [5, 5.41) is 0. The van der Waals surface area contributed by atoms with Crippen LogP contribution in [0.1, 0.15) is 74.5 Å². The van der Waals surface area contributed by atoms with Crippen LogP contribution in [0.3, 0.4) is 0 Å². The van der Waals surface area contributed by atoms with Crippen LogP contribution in [-0.2, 0) is 19.4 Å². The average molecular weight is 452 g/mol. The van der Waals surface area contributed by atoms with Gasteiger partial charge >= 0.3 is 0 Å². The number of imidazole rings is 1. The van der Waals surface area contributed by atoms with E-state index in [1.807, 2.05) is 0 Å². The van der Waals surface area contributed by atoms with Gasteiger partial charge in [-0.2, -0.15) is 4.57 Å². The molecule has 1 unspecified atom stereocenters. The molecule has 4 aromatic rings. The summed E-state index contributed by atoms with van der Waals surface area (Å²) in [6.07, 6.45) is 10.9. The highest BCUT2D eigenvalue weighted by atomic mass is 15.2.